The van der Waals surface area contributed by atoms with E-state index in [0.717, 1.165) is 18.4 Å². The summed E-state index contributed by atoms with van der Waals surface area (Å²) in [7, 11) is 0. The van der Waals surface area contributed by atoms with E-state index in [4.69, 9.17) is 0 Å². The van der Waals surface area contributed by atoms with Crippen molar-refractivity contribution in [3.8, 4) is 11.8 Å². The molecule has 2 rings (SSSR count). The van der Waals surface area contributed by atoms with E-state index in [0.29, 0.717) is 5.92 Å². The largest absolute Gasteiger partial charge is 0.387 e. The Morgan fingerprint density at radius 3 is 2.52 bits per heavy atom. The third-order valence-electron chi connectivity index (χ3n) is 4.56. The molecule has 1 aliphatic carbocycles. The van der Waals surface area contributed by atoms with Gasteiger partial charge in [0.1, 0.15) is 0 Å². The highest BCUT2D eigenvalue weighted by molar-refractivity contribution is 5.22. The molecule has 0 spiro atoms. The Hall–Kier alpha value is -1.26. The first kappa shape index (κ1) is 16.1. The first-order valence-corrected chi connectivity index (χ1v) is 8.54. The number of rotatable bonds is 5. The van der Waals surface area contributed by atoms with Gasteiger partial charge < -0.3 is 5.11 Å². The zero-order valence-electron chi connectivity index (χ0n) is 13.2. The number of aliphatic hydroxyl groups excluding tert-OH is 1. The van der Waals surface area contributed by atoms with Crippen molar-refractivity contribution in [2.45, 2.75) is 64.4 Å². The molecule has 1 nitrogen and oxygen atoms in total. The molecule has 1 heteroatoms. The number of unbranched alkanes of at least 4 members (excludes halogenated alkanes) is 2. The van der Waals surface area contributed by atoms with Gasteiger partial charge in [-0.1, -0.05) is 68.9 Å². The third-order valence-corrected chi connectivity index (χ3v) is 4.56. The van der Waals surface area contributed by atoms with Gasteiger partial charge in [-0.05, 0) is 30.7 Å². The fraction of sp³-hybridized carbons (Fsp3) is 0.600. The SMILES string of the molecule is CCCCC#C[C@@H](C1CCCCC1)[C@H](O)c1ccccc1. The van der Waals surface area contributed by atoms with Gasteiger partial charge in [-0.25, -0.2) is 0 Å². The number of hydrogen-bond acceptors (Lipinski definition) is 1. The third kappa shape index (κ3) is 4.90. The summed E-state index contributed by atoms with van der Waals surface area (Å²) < 4.78 is 0. The number of hydrogen-bond donors (Lipinski definition) is 1. The normalized spacial score (nSPS) is 18.6. The summed E-state index contributed by atoms with van der Waals surface area (Å²) in [4.78, 5) is 0. The van der Waals surface area contributed by atoms with Gasteiger partial charge in [-0.2, -0.15) is 0 Å². The van der Waals surface area contributed by atoms with Gasteiger partial charge in [0, 0.05) is 6.42 Å². The van der Waals surface area contributed by atoms with Crippen molar-refractivity contribution >= 4 is 0 Å². The lowest BCUT2D eigenvalue weighted by molar-refractivity contribution is 0.0900. The summed E-state index contributed by atoms with van der Waals surface area (Å²) in [5, 5.41) is 10.8. The standard InChI is InChI=1S/C20H28O/c1-2-3-4-11-16-19(17-12-7-5-8-13-17)20(21)18-14-9-6-10-15-18/h6,9-10,14-15,17,19-21H,2-5,7-8,12-13H2,1H3/t19-,20+/m0/s1. The fourth-order valence-corrected chi connectivity index (χ4v) is 3.26. The summed E-state index contributed by atoms with van der Waals surface area (Å²) >= 11 is 0. The van der Waals surface area contributed by atoms with E-state index in [1.165, 1.54) is 38.5 Å². The van der Waals surface area contributed by atoms with Crippen molar-refractivity contribution in [3.05, 3.63) is 35.9 Å². The number of benzene rings is 1. The highest BCUT2D eigenvalue weighted by atomic mass is 16.3. The maximum Gasteiger partial charge on any atom is 0.0930 e. The molecule has 0 heterocycles. The first-order valence-electron chi connectivity index (χ1n) is 8.54. The van der Waals surface area contributed by atoms with Crippen LogP contribution < -0.4 is 0 Å². The maximum absolute atomic E-state index is 10.8. The predicted molar refractivity (Wildman–Crippen MR) is 88.8 cm³/mol. The highest BCUT2D eigenvalue weighted by Crippen LogP contribution is 2.36. The smallest absolute Gasteiger partial charge is 0.0930 e. The lowest BCUT2D eigenvalue weighted by atomic mass is 9.76. The van der Waals surface area contributed by atoms with E-state index in [9.17, 15) is 5.11 Å². The van der Waals surface area contributed by atoms with Crippen LogP contribution in [0, 0.1) is 23.7 Å². The molecular formula is C20H28O. The van der Waals surface area contributed by atoms with Crippen molar-refractivity contribution in [2.24, 2.45) is 11.8 Å². The molecule has 114 valence electrons. The Balaban J connectivity index is 2.11. The second-order valence-electron chi connectivity index (χ2n) is 6.20. The average molecular weight is 284 g/mol. The molecule has 1 saturated carbocycles. The molecule has 0 radical (unpaired) electrons. The van der Waals surface area contributed by atoms with Crippen LogP contribution in [0.2, 0.25) is 0 Å². The molecule has 2 atom stereocenters. The quantitative estimate of drug-likeness (QED) is 0.588. The molecule has 0 aromatic heterocycles. The topological polar surface area (TPSA) is 20.2 Å². The van der Waals surface area contributed by atoms with Crippen LogP contribution >= 0.6 is 0 Å². The van der Waals surface area contributed by atoms with Crippen LogP contribution in [0.1, 0.15) is 70.0 Å². The monoisotopic (exact) mass is 284 g/mol. The molecule has 0 amide bonds. The van der Waals surface area contributed by atoms with Crippen molar-refractivity contribution in [3.63, 3.8) is 0 Å². The van der Waals surface area contributed by atoms with Gasteiger partial charge in [0.15, 0.2) is 0 Å². The lowest BCUT2D eigenvalue weighted by Crippen LogP contribution is -2.23. The van der Waals surface area contributed by atoms with Crippen LogP contribution in [0.3, 0.4) is 0 Å². The fourth-order valence-electron chi connectivity index (χ4n) is 3.26. The van der Waals surface area contributed by atoms with E-state index in [2.05, 4.69) is 18.8 Å². The molecule has 1 fully saturated rings. The summed E-state index contributed by atoms with van der Waals surface area (Å²) in [5.41, 5.74) is 1.01. The maximum atomic E-state index is 10.8. The minimum Gasteiger partial charge on any atom is -0.387 e. The van der Waals surface area contributed by atoms with Gasteiger partial charge >= 0.3 is 0 Å². The van der Waals surface area contributed by atoms with Crippen LogP contribution in [-0.2, 0) is 0 Å². The minimum absolute atomic E-state index is 0.101. The molecule has 0 saturated heterocycles. The van der Waals surface area contributed by atoms with E-state index in [-0.39, 0.29) is 5.92 Å². The van der Waals surface area contributed by atoms with E-state index < -0.39 is 6.10 Å². The molecule has 1 aromatic rings. The molecule has 0 bridgehead atoms. The number of aliphatic hydroxyl groups is 1. The zero-order chi connectivity index (χ0) is 14.9. The Kier molecular flexibility index (Phi) is 6.83. The Labute approximate surface area is 129 Å². The van der Waals surface area contributed by atoms with E-state index >= 15 is 0 Å². The summed E-state index contributed by atoms with van der Waals surface area (Å²) in [5.74, 6) is 7.41. The lowest BCUT2D eigenvalue weighted by Gasteiger charge is -2.30. The van der Waals surface area contributed by atoms with Gasteiger partial charge in [-0.3, -0.25) is 0 Å². The molecule has 1 aromatic carbocycles. The van der Waals surface area contributed by atoms with Crippen molar-refractivity contribution in [2.75, 3.05) is 0 Å². The van der Waals surface area contributed by atoms with Crippen molar-refractivity contribution < 1.29 is 5.11 Å². The molecule has 21 heavy (non-hydrogen) atoms. The Morgan fingerprint density at radius 2 is 1.86 bits per heavy atom. The summed E-state index contributed by atoms with van der Waals surface area (Å²) in [6.07, 6.45) is 9.22. The van der Waals surface area contributed by atoms with Gasteiger partial charge in [0.05, 0.1) is 12.0 Å². The van der Waals surface area contributed by atoms with Gasteiger partial charge in [0.25, 0.3) is 0 Å². The second kappa shape index (κ2) is 8.90. The van der Waals surface area contributed by atoms with Crippen LogP contribution in [0.15, 0.2) is 30.3 Å². The summed E-state index contributed by atoms with van der Waals surface area (Å²) in [6, 6.07) is 10.0. The van der Waals surface area contributed by atoms with Gasteiger partial charge in [0.2, 0.25) is 0 Å². The highest BCUT2D eigenvalue weighted by Gasteiger charge is 2.28. The molecular weight excluding hydrogens is 256 g/mol. The van der Waals surface area contributed by atoms with Crippen LogP contribution in [0.25, 0.3) is 0 Å². The molecule has 1 N–H and O–H groups in total. The van der Waals surface area contributed by atoms with Crippen LogP contribution in [0.4, 0.5) is 0 Å². The Bertz CT molecular complexity index is 448. The van der Waals surface area contributed by atoms with E-state index in [1.807, 2.05) is 30.3 Å². The first-order chi connectivity index (χ1) is 10.3. The zero-order valence-corrected chi connectivity index (χ0v) is 13.2. The average Bonchev–Trinajstić information content (AvgIpc) is 2.56. The molecule has 0 aliphatic heterocycles. The van der Waals surface area contributed by atoms with E-state index in [1.54, 1.807) is 0 Å². The Morgan fingerprint density at radius 1 is 1.14 bits per heavy atom. The predicted octanol–water partition coefficient (Wildman–Crippen LogP) is 5.11. The molecule has 0 unspecified atom stereocenters. The van der Waals surface area contributed by atoms with Crippen molar-refractivity contribution in [1.29, 1.82) is 0 Å². The van der Waals surface area contributed by atoms with Crippen molar-refractivity contribution in [1.82, 2.24) is 0 Å². The van der Waals surface area contributed by atoms with Crippen LogP contribution in [-0.4, -0.2) is 5.11 Å². The summed E-state index contributed by atoms with van der Waals surface area (Å²) in [6.45, 7) is 2.19. The molecule has 1 aliphatic rings. The second-order valence-corrected chi connectivity index (χ2v) is 6.20. The van der Waals surface area contributed by atoms with Gasteiger partial charge in [-0.15, -0.1) is 5.92 Å². The minimum atomic E-state index is -0.441. The van der Waals surface area contributed by atoms with Crippen LogP contribution in [0.5, 0.6) is 0 Å².